The molecular formula is C21H27ClIN5O. The van der Waals surface area contributed by atoms with Crippen molar-refractivity contribution in [2.24, 2.45) is 10.7 Å². The molecule has 0 atom stereocenters. The van der Waals surface area contributed by atoms with E-state index in [1.54, 1.807) is 0 Å². The van der Waals surface area contributed by atoms with Gasteiger partial charge in [-0.3, -0.25) is 4.79 Å². The predicted molar refractivity (Wildman–Crippen MR) is 132 cm³/mol. The van der Waals surface area contributed by atoms with E-state index in [9.17, 15) is 4.79 Å². The van der Waals surface area contributed by atoms with Gasteiger partial charge in [0.1, 0.15) is 6.54 Å². The summed E-state index contributed by atoms with van der Waals surface area (Å²) in [7, 11) is 0. The number of rotatable bonds is 4. The molecule has 1 aliphatic heterocycles. The molecule has 3 N–H and O–H groups in total. The Hall–Kier alpha value is -2.00. The summed E-state index contributed by atoms with van der Waals surface area (Å²) in [6.45, 7) is 7.01. The number of nitrogens with zero attached hydrogens (tertiary/aromatic N) is 3. The fraction of sp³-hybridized carbons (Fsp3) is 0.333. The van der Waals surface area contributed by atoms with Crippen LogP contribution in [0.15, 0.2) is 47.5 Å². The quantitative estimate of drug-likeness (QED) is 0.362. The van der Waals surface area contributed by atoms with Crippen LogP contribution in [0.25, 0.3) is 0 Å². The molecule has 29 heavy (non-hydrogen) atoms. The van der Waals surface area contributed by atoms with E-state index < -0.39 is 0 Å². The second kappa shape index (κ2) is 10.7. The summed E-state index contributed by atoms with van der Waals surface area (Å²) in [5.41, 5.74) is 10.2. The Morgan fingerprint density at radius 2 is 1.66 bits per heavy atom. The summed E-state index contributed by atoms with van der Waals surface area (Å²) in [6.07, 6.45) is 0. The molecule has 6 nitrogen and oxygen atoms in total. The smallest absolute Gasteiger partial charge is 0.244 e. The summed E-state index contributed by atoms with van der Waals surface area (Å²) in [4.78, 5) is 20.7. The molecule has 2 aromatic carbocycles. The van der Waals surface area contributed by atoms with Crippen LogP contribution in [0.4, 0.5) is 11.4 Å². The number of aryl methyl sites for hydroxylation is 2. The van der Waals surface area contributed by atoms with Crippen molar-refractivity contribution in [3.8, 4) is 0 Å². The number of anilines is 2. The molecule has 0 radical (unpaired) electrons. The van der Waals surface area contributed by atoms with E-state index in [4.69, 9.17) is 17.3 Å². The van der Waals surface area contributed by atoms with Crippen molar-refractivity contribution in [3.63, 3.8) is 0 Å². The number of piperazine rings is 1. The summed E-state index contributed by atoms with van der Waals surface area (Å²) >= 11 is 5.94. The molecule has 1 fully saturated rings. The minimum Gasteiger partial charge on any atom is -0.370 e. The van der Waals surface area contributed by atoms with E-state index in [0.29, 0.717) is 13.1 Å². The van der Waals surface area contributed by atoms with Gasteiger partial charge in [0.15, 0.2) is 5.96 Å². The standard InChI is InChI=1S/C21H26ClN5O.HI/c1-15-11-16(2)13-18(12-15)25-21(23)24-14-20(28)27-9-7-26(8-10-27)19-5-3-17(22)4-6-19;/h3-6,11-13H,7-10,14H2,1-2H3,(H3,23,24,25);1H. The Kier molecular flexibility index (Phi) is 8.58. The molecule has 156 valence electrons. The van der Waals surface area contributed by atoms with Gasteiger partial charge in [-0.05, 0) is 61.4 Å². The largest absolute Gasteiger partial charge is 0.370 e. The van der Waals surface area contributed by atoms with Crippen LogP contribution in [0.2, 0.25) is 5.02 Å². The molecule has 0 saturated carbocycles. The van der Waals surface area contributed by atoms with Gasteiger partial charge >= 0.3 is 0 Å². The first-order valence-corrected chi connectivity index (χ1v) is 9.72. The Balaban J connectivity index is 0.00000300. The van der Waals surface area contributed by atoms with Gasteiger partial charge in [-0.1, -0.05) is 17.7 Å². The molecule has 1 heterocycles. The number of amides is 1. The van der Waals surface area contributed by atoms with Gasteiger partial charge in [-0.2, -0.15) is 0 Å². The SMILES string of the molecule is Cc1cc(C)cc(NC(N)=NCC(=O)N2CCN(c3ccc(Cl)cc3)CC2)c1.I. The van der Waals surface area contributed by atoms with Crippen molar-refractivity contribution in [2.45, 2.75) is 13.8 Å². The first-order chi connectivity index (χ1) is 13.4. The van der Waals surface area contributed by atoms with Crippen molar-refractivity contribution >= 4 is 58.8 Å². The zero-order chi connectivity index (χ0) is 20.1. The Morgan fingerprint density at radius 3 is 2.24 bits per heavy atom. The third-order valence-electron chi connectivity index (χ3n) is 4.70. The highest BCUT2D eigenvalue weighted by Gasteiger charge is 2.21. The number of carbonyl (C=O) groups excluding carboxylic acids is 1. The van der Waals surface area contributed by atoms with Crippen LogP contribution in [0.5, 0.6) is 0 Å². The van der Waals surface area contributed by atoms with Crippen LogP contribution >= 0.6 is 35.6 Å². The average molecular weight is 528 g/mol. The molecule has 2 aromatic rings. The zero-order valence-electron chi connectivity index (χ0n) is 16.7. The maximum absolute atomic E-state index is 12.5. The van der Waals surface area contributed by atoms with Crippen molar-refractivity contribution in [1.29, 1.82) is 0 Å². The minimum absolute atomic E-state index is 0. The number of guanidine groups is 1. The predicted octanol–water partition coefficient (Wildman–Crippen LogP) is 3.65. The van der Waals surface area contributed by atoms with E-state index >= 15 is 0 Å². The average Bonchev–Trinajstić information content (AvgIpc) is 2.66. The van der Waals surface area contributed by atoms with E-state index in [0.717, 1.165) is 40.6 Å². The number of halogens is 2. The molecule has 0 bridgehead atoms. The highest BCUT2D eigenvalue weighted by Crippen LogP contribution is 2.19. The molecule has 0 spiro atoms. The summed E-state index contributed by atoms with van der Waals surface area (Å²) in [5, 5.41) is 3.78. The van der Waals surface area contributed by atoms with Crippen molar-refractivity contribution in [2.75, 3.05) is 42.9 Å². The van der Waals surface area contributed by atoms with E-state index in [-0.39, 0.29) is 42.4 Å². The molecular weight excluding hydrogens is 501 g/mol. The fourth-order valence-corrected chi connectivity index (χ4v) is 3.48. The molecule has 1 amide bonds. The third kappa shape index (κ3) is 6.78. The molecule has 1 saturated heterocycles. The van der Waals surface area contributed by atoms with Gasteiger partial charge in [0, 0.05) is 42.6 Å². The highest BCUT2D eigenvalue weighted by molar-refractivity contribution is 14.0. The Labute approximate surface area is 194 Å². The maximum atomic E-state index is 12.5. The van der Waals surface area contributed by atoms with E-state index in [2.05, 4.69) is 21.3 Å². The van der Waals surface area contributed by atoms with Gasteiger partial charge in [-0.15, -0.1) is 24.0 Å². The van der Waals surface area contributed by atoms with Crippen LogP contribution in [0.1, 0.15) is 11.1 Å². The van der Waals surface area contributed by atoms with Gasteiger partial charge in [0.2, 0.25) is 5.91 Å². The van der Waals surface area contributed by atoms with E-state index in [1.165, 1.54) is 0 Å². The zero-order valence-corrected chi connectivity index (χ0v) is 19.8. The highest BCUT2D eigenvalue weighted by atomic mass is 127. The topological polar surface area (TPSA) is 74.0 Å². The number of carbonyl (C=O) groups is 1. The van der Waals surface area contributed by atoms with Crippen LogP contribution in [0, 0.1) is 13.8 Å². The Bertz CT molecular complexity index is 844. The van der Waals surface area contributed by atoms with Gasteiger partial charge in [0.05, 0.1) is 0 Å². The lowest BCUT2D eigenvalue weighted by Gasteiger charge is -2.36. The molecule has 0 aliphatic carbocycles. The van der Waals surface area contributed by atoms with Crippen molar-refractivity contribution in [1.82, 2.24) is 4.90 Å². The maximum Gasteiger partial charge on any atom is 0.244 e. The molecule has 3 rings (SSSR count). The normalized spacial score (nSPS) is 14.4. The number of nitrogens with one attached hydrogen (secondary N) is 1. The Morgan fingerprint density at radius 1 is 1.07 bits per heavy atom. The van der Waals surface area contributed by atoms with Gasteiger partial charge in [0.25, 0.3) is 0 Å². The number of nitrogens with two attached hydrogens (primary N) is 1. The van der Waals surface area contributed by atoms with Crippen LogP contribution in [0.3, 0.4) is 0 Å². The summed E-state index contributed by atoms with van der Waals surface area (Å²) in [6, 6.07) is 13.8. The molecule has 0 aromatic heterocycles. The van der Waals surface area contributed by atoms with Crippen molar-refractivity contribution < 1.29 is 4.79 Å². The van der Waals surface area contributed by atoms with Gasteiger partial charge in [-0.25, -0.2) is 4.99 Å². The van der Waals surface area contributed by atoms with Crippen LogP contribution < -0.4 is 16.0 Å². The monoisotopic (exact) mass is 527 g/mol. The molecule has 8 heteroatoms. The van der Waals surface area contributed by atoms with E-state index in [1.807, 2.05) is 55.1 Å². The number of benzene rings is 2. The summed E-state index contributed by atoms with van der Waals surface area (Å²) < 4.78 is 0. The number of hydrogen-bond acceptors (Lipinski definition) is 3. The first kappa shape index (κ1) is 23.3. The van der Waals surface area contributed by atoms with Crippen LogP contribution in [-0.4, -0.2) is 49.5 Å². The number of hydrogen-bond donors (Lipinski definition) is 2. The molecule has 1 aliphatic rings. The lowest BCUT2D eigenvalue weighted by molar-refractivity contribution is -0.129. The van der Waals surface area contributed by atoms with Crippen LogP contribution in [-0.2, 0) is 4.79 Å². The minimum atomic E-state index is -0.0130. The fourth-order valence-electron chi connectivity index (χ4n) is 3.35. The second-order valence-electron chi connectivity index (χ2n) is 7.05. The lowest BCUT2D eigenvalue weighted by atomic mass is 10.1. The summed E-state index contributed by atoms with van der Waals surface area (Å²) in [5.74, 6) is 0.235. The number of aliphatic imine (C=N–C) groups is 1. The lowest BCUT2D eigenvalue weighted by Crippen LogP contribution is -2.49. The molecule has 0 unspecified atom stereocenters. The second-order valence-corrected chi connectivity index (χ2v) is 7.48. The first-order valence-electron chi connectivity index (χ1n) is 9.34. The third-order valence-corrected chi connectivity index (χ3v) is 4.95. The van der Waals surface area contributed by atoms with Gasteiger partial charge < -0.3 is 20.9 Å². The van der Waals surface area contributed by atoms with Crippen molar-refractivity contribution in [3.05, 3.63) is 58.6 Å².